The summed E-state index contributed by atoms with van der Waals surface area (Å²) in [4.78, 5) is 11.6. The van der Waals surface area contributed by atoms with Crippen LogP contribution < -0.4 is 11.1 Å². The van der Waals surface area contributed by atoms with Gasteiger partial charge in [-0.25, -0.2) is 13.2 Å². The molecule has 0 saturated carbocycles. The van der Waals surface area contributed by atoms with Crippen LogP contribution in [0.25, 0.3) is 0 Å². The third kappa shape index (κ3) is 2.26. The zero-order valence-corrected chi connectivity index (χ0v) is 8.80. The molecule has 0 spiro atoms. The second-order valence-corrected chi connectivity index (χ2v) is 3.41. The highest BCUT2D eigenvalue weighted by atomic mass is 19.1. The van der Waals surface area contributed by atoms with Crippen LogP contribution in [-0.2, 0) is 0 Å². The van der Waals surface area contributed by atoms with Gasteiger partial charge in [-0.3, -0.25) is 9.89 Å². The van der Waals surface area contributed by atoms with Gasteiger partial charge in [0.2, 0.25) is 0 Å². The van der Waals surface area contributed by atoms with E-state index in [4.69, 9.17) is 5.73 Å². The average Bonchev–Trinajstić information content (AvgIpc) is 2.70. The van der Waals surface area contributed by atoms with Gasteiger partial charge in [-0.1, -0.05) is 0 Å². The first kappa shape index (κ1) is 12.0. The molecule has 1 aromatic heterocycles. The first-order chi connectivity index (χ1) is 8.47. The molecule has 5 nitrogen and oxygen atoms in total. The summed E-state index contributed by atoms with van der Waals surface area (Å²) in [5, 5.41) is 7.71. The molecular weight excluding hydrogens is 249 g/mol. The maximum atomic E-state index is 13.2. The molecule has 0 aliphatic carbocycles. The molecule has 0 aliphatic heterocycles. The molecule has 0 unspecified atom stereocenters. The van der Waals surface area contributed by atoms with Gasteiger partial charge in [0.15, 0.2) is 11.6 Å². The summed E-state index contributed by atoms with van der Waals surface area (Å²) in [6, 6.07) is 2.11. The topological polar surface area (TPSA) is 83.8 Å². The van der Waals surface area contributed by atoms with E-state index in [2.05, 4.69) is 10.2 Å². The molecule has 0 radical (unpaired) electrons. The van der Waals surface area contributed by atoms with E-state index < -0.39 is 29.0 Å². The van der Waals surface area contributed by atoms with Crippen LogP contribution in [0.2, 0.25) is 0 Å². The van der Waals surface area contributed by atoms with Crippen LogP contribution in [0.1, 0.15) is 10.5 Å². The number of benzene rings is 1. The van der Waals surface area contributed by atoms with Gasteiger partial charge in [-0.15, -0.1) is 0 Å². The number of aromatic nitrogens is 2. The number of nitrogens with zero attached hydrogens (tertiary/aromatic N) is 1. The number of aromatic amines is 1. The molecule has 0 aliphatic rings. The van der Waals surface area contributed by atoms with E-state index in [1.165, 1.54) is 6.07 Å². The van der Waals surface area contributed by atoms with E-state index >= 15 is 0 Å². The number of hydrogen-bond acceptors (Lipinski definition) is 3. The van der Waals surface area contributed by atoms with Gasteiger partial charge in [0, 0.05) is 18.2 Å². The number of rotatable bonds is 2. The molecular formula is C10H7F3N4O. The first-order valence-corrected chi connectivity index (χ1v) is 4.74. The van der Waals surface area contributed by atoms with Crippen LogP contribution in [-0.4, -0.2) is 16.1 Å². The smallest absolute Gasteiger partial charge is 0.273 e. The highest BCUT2D eigenvalue weighted by molar-refractivity contribution is 6.03. The molecule has 0 saturated heterocycles. The molecule has 0 fully saturated rings. The van der Waals surface area contributed by atoms with Crippen molar-refractivity contribution in [2.24, 2.45) is 0 Å². The quantitative estimate of drug-likeness (QED) is 0.764. The Morgan fingerprint density at radius 3 is 2.33 bits per heavy atom. The number of amides is 1. The molecule has 0 bridgehead atoms. The van der Waals surface area contributed by atoms with Crippen LogP contribution in [0.15, 0.2) is 18.2 Å². The lowest BCUT2D eigenvalue weighted by molar-refractivity contribution is 0.102. The third-order valence-electron chi connectivity index (χ3n) is 2.09. The molecule has 0 atom stereocenters. The summed E-state index contributed by atoms with van der Waals surface area (Å²) in [7, 11) is 0. The van der Waals surface area contributed by atoms with Gasteiger partial charge in [-0.2, -0.15) is 5.10 Å². The summed E-state index contributed by atoms with van der Waals surface area (Å²) >= 11 is 0. The number of carbonyl (C=O) groups excluding carboxylic acids is 1. The molecule has 4 N–H and O–H groups in total. The summed E-state index contributed by atoms with van der Waals surface area (Å²) in [5.74, 6) is -4.29. The van der Waals surface area contributed by atoms with Crippen LogP contribution in [0, 0.1) is 17.5 Å². The van der Waals surface area contributed by atoms with Crippen molar-refractivity contribution >= 4 is 17.4 Å². The third-order valence-corrected chi connectivity index (χ3v) is 2.09. The minimum atomic E-state index is -1.21. The lowest BCUT2D eigenvalue weighted by atomic mass is 10.2. The number of carbonyl (C=O) groups is 1. The minimum absolute atomic E-state index is 0.0557. The van der Waals surface area contributed by atoms with E-state index in [-0.39, 0.29) is 11.5 Å². The molecule has 1 heterocycles. The van der Waals surface area contributed by atoms with Gasteiger partial charge in [0.1, 0.15) is 23.0 Å². The lowest BCUT2D eigenvalue weighted by Crippen LogP contribution is -2.15. The lowest BCUT2D eigenvalue weighted by Gasteiger charge is -2.06. The van der Waals surface area contributed by atoms with Gasteiger partial charge in [0.25, 0.3) is 5.91 Å². The van der Waals surface area contributed by atoms with Crippen LogP contribution in [0.4, 0.5) is 24.7 Å². The molecule has 8 heteroatoms. The molecule has 2 aromatic rings. The standard InChI is InChI=1S/C10H7F3N4O/c11-4-1-5(12)9(6(13)2-4)15-10(18)7-3-8(14)17-16-7/h1-3H,(H,15,18)(H3,14,16,17). The van der Waals surface area contributed by atoms with Crippen molar-refractivity contribution < 1.29 is 18.0 Å². The average molecular weight is 256 g/mol. The number of anilines is 2. The fraction of sp³-hybridized carbons (Fsp3) is 0. The van der Waals surface area contributed by atoms with Gasteiger partial charge < -0.3 is 11.1 Å². The minimum Gasteiger partial charge on any atom is -0.382 e. The Hall–Kier alpha value is -2.51. The highest BCUT2D eigenvalue weighted by Crippen LogP contribution is 2.20. The van der Waals surface area contributed by atoms with Crippen molar-refractivity contribution in [1.29, 1.82) is 0 Å². The van der Waals surface area contributed by atoms with Crippen LogP contribution in [0.3, 0.4) is 0 Å². The summed E-state index contributed by atoms with van der Waals surface area (Å²) in [6.07, 6.45) is 0. The van der Waals surface area contributed by atoms with Crippen LogP contribution >= 0.6 is 0 Å². The van der Waals surface area contributed by atoms with Gasteiger partial charge >= 0.3 is 0 Å². The van der Waals surface area contributed by atoms with E-state index in [9.17, 15) is 18.0 Å². The second-order valence-electron chi connectivity index (χ2n) is 3.41. The Labute approximate surface area is 98.8 Å². The Morgan fingerprint density at radius 1 is 1.22 bits per heavy atom. The van der Waals surface area contributed by atoms with Crippen molar-refractivity contribution in [2.75, 3.05) is 11.1 Å². The molecule has 2 rings (SSSR count). The Morgan fingerprint density at radius 2 is 1.83 bits per heavy atom. The highest BCUT2D eigenvalue weighted by Gasteiger charge is 2.16. The van der Waals surface area contributed by atoms with Crippen molar-refractivity contribution in [3.8, 4) is 0 Å². The van der Waals surface area contributed by atoms with Gasteiger partial charge in [0.05, 0.1) is 0 Å². The predicted molar refractivity (Wildman–Crippen MR) is 57.3 cm³/mol. The van der Waals surface area contributed by atoms with Crippen LogP contribution in [0.5, 0.6) is 0 Å². The maximum Gasteiger partial charge on any atom is 0.273 e. The fourth-order valence-corrected chi connectivity index (χ4v) is 1.30. The van der Waals surface area contributed by atoms with E-state index in [1.54, 1.807) is 0 Å². The first-order valence-electron chi connectivity index (χ1n) is 4.74. The Kier molecular flexibility index (Phi) is 2.92. The van der Waals surface area contributed by atoms with E-state index in [0.717, 1.165) is 0 Å². The van der Waals surface area contributed by atoms with E-state index in [0.29, 0.717) is 12.1 Å². The van der Waals surface area contributed by atoms with E-state index in [1.807, 2.05) is 5.32 Å². The van der Waals surface area contributed by atoms with Crippen molar-refractivity contribution in [3.05, 3.63) is 41.3 Å². The number of halogens is 3. The Balaban J connectivity index is 2.27. The van der Waals surface area contributed by atoms with Crippen molar-refractivity contribution in [2.45, 2.75) is 0 Å². The Bertz CT molecular complexity index is 588. The summed E-state index contributed by atoms with van der Waals surface area (Å²) < 4.78 is 39.1. The SMILES string of the molecule is Nc1cc(C(=O)Nc2c(F)cc(F)cc2F)[nH]n1. The summed E-state index contributed by atoms with van der Waals surface area (Å²) in [6.45, 7) is 0. The maximum absolute atomic E-state index is 13.2. The van der Waals surface area contributed by atoms with Gasteiger partial charge in [-0.05, 0) is 0 Å². The normalized spacial score (nSPS) is 10.4. The molecule has 18 heavy (non-hydrogen) atoms. The number of nitrogens with one attached hydrogen (secondary N) is 2. The number of hydrogen-bond donors (Lipinski definition) is 3. The largest absolute Gasteiger partial charge is 0.382 e. The summed E-state index contributed by atoms with van der Waals surface area (Å²) in [5.41, 5.74) is 4.45. The van der Waals surface area contributed by atoms with Crippen molar-refractivity contribution in [1.82, 2.24) is 10.2 Å². The van der Waals surface area contributed by atoms with Crippen molar-refractivity contribution in [3.63, 3.8) is 0 Å². The number of H-pyrrole nitrogens is 1. The second kappa shape index (κ2) is 4.40. The monoisotopic (exact) mass is 256 g/mol. The molecule has 1 amide bonds. The number of nitrogen functional groups attached to an aromatic ring is 1. The molecule has 1 aromatic carbocycles. The zero-order valence-electron chi connectivity index (χ0n) is 8.80. The predicted octanol–water partition coefficient (Wildman–Crippen LogP) is 1.66. The fourth-order valence-electron chi connectivity index (χ4n) is 1.30. The molecule has 94 valence electrons. The number of nitrogens with two attached hydrogens (primary N) is 1. The zero-order chi connectivity index (χ0) is 13.3.